The highest BCUT2D eigenvalue weighted by molar-refractivity contribution is 6.31. The summed E-state index contributed by atoms with van der Waals surface area (Å²) in [7, 11) is 3.26. The third-order valence-corrected chi connectivity index (χ3v) is 5.84. The second kappa shape index (κ2) is 8.56. The highest BCUT2D eigenvalue weighted by Crippen LogP contribution is 2.36. The number of hydrogen-bond acceptors (Lipinski definition) is 5. The van der Waals surface area contributed by atoms with E-state index in [2.05, 4.69) is 10.6 Å². The van der Waals surface area contributed by atoms with E-state index in [0.717, 1.165) is 11.1 Å². The maximum atomic E-state index is 13.4. The molecule has 0 spiro atoms. The van der Waals surface area contributed by atoms with Crippen LogP contribution in [0.25, 0.3) is 11.1 Å². The SMILES string of the molecule is CNCC(=O)N1CCN2C(=O)c3cc(-c4cc(Cl)ccc4OC)ccc3NC(=O)[C@H]2C1. The molecule has 0 saturated carbocycles. The van der Waals surface area contributed by atoms with Gasteiger partial charge >= 0.3 is 0 Å². The molecule has 0 aromatic heterocycles. The second-order valence-corrected chi connectivity index (χ2v) is 7.92. The van der Waals surface area contributed by atoms with E-state index in [9.17, 15) is 14.4 Å². The summed E-state index contributed by atoms with van der Waals surface area (Å²) < 4.78 is 5.44. The van der Waals surface area contributed by atoms with Crippen molar-refractivity contribution in [3.05, 3.63) is 47.0 Å². The number of piperazine rings is 1. The van der Waals surface area contributed by atoms with Crippen LogP contribution in [0.4, 0.5) is 5.69 Å². The molecular weight excluding hydrogens is 420 g/mol. The average molecular weight is 443 g/mol. The van der Waals surface area contributed by atoms with Crippen LogP contribution in [0.2, 0.25) is 5.02 Å². The van der Waals surface area contributed by atoms with Gasteiger partial charge in [-0.1, -0.05) is 17.7 Å². The summed E-state index contributed by atoms with van der Waals surface area (Å²) >= 11 is 6.17. The lowest BCUT2D eigenvalue weighted by Crippen LogP contribution is -2.60. The minimum atomic E-state index is -0.737. The van der Waals surface area contributed by atoms with Gasteiger partial charge in [-0.05, 0) is 42.9 Å². The maximum Gasteiger partial charge on any atom is 0.256 e. The van der Waals surface area contributed by atoms with Gasteiger partial charge in [0.25, 0.3) is 5.91 Å². The lowest BCUT2D eigenvalue weighted by Gasteiger charge is -2.39. The number of nitrogens with zero attached hydrogens (tertiary/aromatic N) is 2. The van der Waals surface area contributed by atoms with Gasteiger partial charge < -0.3 is 25.2 Å². The van der Waals surface area contributed by atoms with Crippen molar-refractivity contribution in [2.45, 2.75) is 6.04 Å². The molecule has 1 fully saturated rings. The van der Waals surface area contributed by atoms with E-state index in [4.69, 9.17) is 16.3 Å². The Balaban J connectivity index is 1.68. The van der Waals surface area contributed by atoms with E-state index < -0.39 is 6.04 Å². The highest BCUT2D eigenvalue weighted by Gasteiger charge is 2.40. The molecule has 1 atom stereocenters. The first-order chi connectivity index (χ1) is 14.9. The number of nitrogens with one attached hydrogen (secondary N) is 2. The summed E-state index contributed by atoms with van der Waals surface area (Å²) in [5.74, 6) is -0.0208. The number of amides is 3. The molecule has 2 N–H and O–H groups in total. The highest BCUT2D eigenvalue weighted by atomic mass is 35.5. The van der Waals surface area contributed by atoms with Gasteiger partial charge in [0.15, 0.2) is 0 Å². The Hall–Kier alpha value is -3.10. The van der Waals surface area contributed by atoms with Crippen LogP contribution >= 0.6 is 11.6 Å². The molecule has 0 radical (unpaired) electrons. The van der Waals surface area contributed by atoms with Crippen molar-refractivity contribution in [3.63, 3.8) is 0 Å². The largest absolute Gasteiger partial charge is 0.496 e. The fourth-order valence-corrected chi connectivity index (χ4v) is 4.19. The molecule has 9 heteroatoms. The maximum absolute atomic E-state index is 13.4. The quantitative estimate of drug-likeness (QED) is 0.754. The zero-order valence-electron chi connectivity index (χ0n) is 17.3. The summed E-state index contributed by atoms with van der Waals surface area (Å²) in [5, 5.41) is 6.23. The fraction of sp³-hybridized carbons (Fsp3) is 0.318. The van der Waals surface area contributed by atoms with Gasteiger partial charge in [-0.3, -0.25) is 14.4 Å². The smallest absolute Gasteiger partial charge is 0.256 e. The molecule has 2 aromatic rings. The van der Waals surface area contributed by atoms with E-state index >= 15 is 0 Å². The van der Waals surface area contributed by atoms with E-state index in [1.807, 2.05) is 6.07 Å². The molecule has 162 valence electrons. The summed E-state index contributed by atoms with van der Waals surface area (Å²) in [5.41, 5.74) is 2.34. The van der Waals surface area contributed by atoms with Crippen molar-refractivity contribution in [3.8, 4) is 16.9 Å². The molecule has 2 aliphatic heterocycles. The summed E-state index contributed by atoms with van der Waals surface area (Å²) in [6.07, 6.45) is 0. The molecule has 0 aliphatic carbocycles. The number of anilines is 1. The average Bonchev–Trinajstić information content (AvgIpc) is 2.88. The van der Waals surface area contributed by atoms with Crippen LogP contribution in [-0.2, 0) is 9.59 Å². The minimum Gasteiger partial charge on any atom is -0.496 e. The summed E-state index contributed by atoms with van der Waals surface area (Å²) in [6.45, 7) is 1.03. The van der Waals surface area contributed by atoms with Crippen molar-refractivity contribution >= 4 is 35.0 Å². The number of likely N-dealkylation sites (N-methyl/N-ethyl adjacent to an activating group) is 1. The van der Waals surface area contributed by atoms with Gasteiger partial charge in [0.1, 0.15) is 11.8 Å². The first kappa shape index (κ1) is 21.1. The number of fused-ring (bicyclic) bond motifs is 2. The second-order valence-electron chi connectivity index (χ2n) is 7.48. The first-order valence-electron chi connectivity index (χ1n) is 9.95. The van der Waals surface area contributed by atoms with Gasteiger partial charge in [0.2, 0.25) is 11.8 Å². The lowest BCUT2D eigenvalue weighted by atomic mass is 10.00. The number of carbonyl (C=O) groups is 3. The Labute approximate surface area is 185 Å². The van der Waals surface area contributed by atoms with Crippen LogP contribution in [0, 0.1) is 0 Å². The topological polar surface area (TPSA) is 91.0 Å². The standard InChI is InChI=1S/C22H23ClN4O4/c1-24-11-20(28)26-7-8-27-18(12-26)21(29)25-17-5-3-13(9-16(17)22(27)30)15-10-14(23)4-6-19(15)31-2/h3-6,9-10,18,24H,7-8,11-12H2,1-2H3,(H,25,29)/t18-/m1/s1. The zero-order valence-corrected chi connectivity index (χ0v) is 18.0. The van der Waals surface area contributed by atoms with Gasteiger partial charge in [-0.15, -0.1) is 0 Å². The zero-order chi connectivity index (χ0) is 22.1. The predicted molar refractivity (Wildman–Crippen MR) is 117 cm³/mol. The number of halogens is 1. The molecule has 0 bridgehead atoms. The summed E-state index contributed by atoms with van der Waals surface area (Å²) in [4.78, 5) is 41.7. The number of benzene rings is 2. The Morgan fingerprint density at radius 1 is 1.19 bits per heavy atom. The molecule has 2 heterocycles. The van der Waals surface area contributed by atoms with Gasteiger partial charge in [0, 0.05) is 23.7 Å². The third kappa shape index (κ3) is 3.96. The van der Waals surface area contributed by atoms with Crippen molar-refractivity contribution in [1.29, 1.82) is 0 Å². The normalized spacial score (nSPS) is 18.1. The van der Waals surface area contributed by atoms with E-state index in [1.54, 1.807) is 54.3 Å². The first-order valence-corrected chi connectivity index (χ1v) is 10.3. The third-order valence-electron chi connectivity index (χ3n) is 5.60. The Kier molecular flexibility index (Phi) is 5.84. The number of methoxy groups -OCH3 is 1. The molecular formula is C22H23ClN4O4. The van der Waals surface area contributed by atoms with E-state index in [0.29, 0.717) is 28.6 Å². The molecule has 3 amide bonds. The van der Waals surface area contributed by atoms with Gasteiger partial charge in [0.05, 0.1) is 31.5 Å². The van der Waals surface area contributed by atoms with Crippen LogP contribution in [-0.4, -0.2) is 73.9 Å². The van der Waals surface area contributed by atoms with Crippen molar-refractivity contribution in [1.82, 2.24) is 15.1 Å². The van der Waals surface area contributed by atoms with Crippen LogP contribution in [0.15, 0.2) is 36.4 Å². The Bertz CT molecular complexity index is 1060. The van der Waals surface area contributed by atoms with Gasteiger partial charge in [-0.2, -0.15) is 0 Å². The summed E-state index contributed by atoms with van der Waals surface area (Å²) in [6, 6.07) is 9.81. The molecule has 1 saturated heterocycles. The minimum absolute atomic E-state index is 0.0977. The number of ether oxygens (including phenoxy) is 1. The molecule has 0 unspecified atom stereocenters. The van der Waals surface area contributed by atoms with Crippen LogP contribution < -0.4 is 15.4 Å². The van der Waals surface area contributed by atoms with Crippen LogP contribution in [0.3, 0.4) is 0 Å². The van der Waals surface area contributed by atoms with E-state index in [-0.39, 0.29) is 37.4 Å². The fourth-order valence-electron chi connectivity index (χ4n) is 4.01. The molecule has 31 heavy (non-hydrogen) atoms. The molecule has 8 nitrogen and oxygen atoms in total. The number of hydrogen-bond donors (Lipinski definition) is 2. The Morgan fingerprint density at radius 2 is 2.00 bits per heavy atom. The monoisotopic (exact) mass is 442 g/mol. The number of carbonyl (C=O) groups excluding carboxylic acids is 3. The molecule has 4 rings (SSSR count). The molecule has 2 aromatic carbocycles. The van der Waals surface area contributed by atoms with Gasteiger partial charge in [-0.25, -0.2) is 0 Å². The number of rotatable bonds is 4. The Morgan fingerprint density at radius 3 is 2.74 bits per heavy atom. The van der Waals surface area contributed by atoms with Crippen molar-refractivity contribution in [2.24, 2.45) is 0 Å². The van der Waals surface area contributed by atoms with Crippen molar-refractivity contribution in [2.75, 3.05) is 45.7 Å². The predicted octanol–water partition coefficient (Wildman–Crippen LogP) is 1.84. The van der Waals surface area contributed by atoms with Crippen molar-refractivity contribution < 1.29 is 19.1 Å². The van der Waals surface area contributed by atoms with E-state index in [1.165, 1.54) is 0 Å². The molecule has 2 aliphatic rings. The van der Waals surface area contributed by atoms with Crippen LogP contribution in [0.5, 0.6) is 5.75 Å². The lowest BCUT2D eigenvalue weighted by molar-refractivity contribution is -0.134. The van der Waals surface area contributed by atoms with Crippen LogP contribution in [0.1, 0.15) is 10.4 Å².